The SMILES string of the molecule is CCCCC/C=C\C/C=C\C/C=C\C/C=C\CCCCCC(=O)OC(CCCCCCCCCCC)CCC(=O)O. The molecule has 0 saturated heterocycles. The summed E-state index contributed by atoms with van der Waals surface area (Å²) in [6.07, 6.45) is 42.6. The first-order valence-corrected chi connectivity index (χ1v) is 17.1. The molecule has 0 fully saturated rings. The maximum atomic E-state index is 12.3. The van der Waals surface area contributed by atoms with Gasteiger partial charge >= 0.3 is 11.9 Å². The van der Waals surface area contributed by atoms with Crippen LogP contribution in [-0.2, 0) is 14.3 Å². The second-order valence-electron chi connectivity index (χ2n) is 11.3. The Morgan fingerprint density at radius 3 is 1.51 bits per heavy atom. The molecule has 0 aliphatic carbocycles. The summed E-state index contributed by atoms with van der Waals surface area (Å²) in [4.78, 5) is 23.4. The fourth-order valence-corrected chi connectivity index (χ4v) is 4.74. The number of carboxylic acids is 1. The maximum absolute atomic E-state index is 12.3. The van der Waals surface area contributed by atoms with Crippen molar-refractivity contribution in [3.05, 3.63) is 48.6 Å². The Balaban J connectivity index is 3.85. The number of rotatable bonds is 30. The highest BCUT2D eigenvalue weighted by molar-refractivity contribution is 5.69. The van der Waals surface area contributed by atoms with Crippen molar-refractivity contribution in [1.82, 2.24) is 0 Å². The van der Waals surface area contributed by atoms with Crippen molar-refractivity contribution >= 4 is 11.9 Å². The molecule has 4 heteroatoms. The Labute approximate surface area is 253 Å². The third-order valence-electron chi connectivity index (χ3n) is 7.32. The summed E-state index contributed by atoms with van der Waals surface area (Å²) in [6.45, 7) is 4.48. The molecule has 0 aromatic heterocycles. The molecule has 0 bridgehead atoms. The van der Waals surface area contributed by atoms with E-state index in [0.29, 0.717) is 12.8 Å². The van der Waals surface area contributed by atoms with Gasteiger partial charge in [-0.3, -0.25) is 9.59 Å². The molecule has 4 nitrogen and oxygen atoms in total. The van der Waals surface area contributed by atoms with Crippen LogP contribution in [0.2, 0.25) is 0 Å². The Bertz CT molecular complexity index is 704. The maximum Gasteiger partial charge on any atom is 0.306 e. The molecule has 0 aromatic carbocycles. The molecule has 0 spiro atoms. The van der Waals surface area contributed by atoms with Gasteiger partial charge in [-0.25, -0.2) is 0 Å². The monoisotopic (exact) mass is 572 g/mol. The van der Waals surface area contributed by atoms with Crippen molar-refractivity contribution in [2.75, 3.05) is 0 Å². The average molecular weight is 573 g/mol. The Hall–Kier alpha value is -2.10. The fourth-order valence-electron chi connectivity index (χ4n) is 4.74. The van der Waals surface area contributed by atoms with Gasteiger partial charge < -0.3 is 9.84 Å². The van der Waals surface area contributed by atoms with Crippen LogP contribution in [0.25, 0.3) is 0 Å². The van der Waals surface area contributed by atoms with Gasteiger partial charge in [0, 0.05) is 12.8 Å². The quantitative estimate of drug-likeness (QED) is 0.0528. The largest absolute Gasteiger partial charge is 0.481 e. The van der Waals surface area contributed by atoms with Gasteiger partial charge in [-0.05, 0) is 70.6 Å². The van der Waals surface area contributed by atoms with Crippen molar-refractivity contribution in [3.8, 4) is 0 Å². The lowest BCUT2D eigenvalue weighted by Crippen LogP contribution is -2.19. The molecule has 0 saturated carbocycles. The van der Waals surface area contributed by atoms with Gasteiger partial charge in [-0.2, -0.15) is 0 Å². The van der Waals surface area contributed by atoms with Crippen molar-refractivity contribution < 1.29 is 19.4 Å². The number of aliphatic carboxylic acids is 1. The van der Waals surface area contributed by atoms with Gasteiger partial charge in [0.25, 0.3) is 0 Å². The third-order valence-corrected chi connectivity index (χ3v) is 7.32. The van der Waals surface area contributed by atoms with Crippen LogP contribution in [0.4, 0.5) is 0 Å². The molecule has 0 heterocycles. The minimum atomic E-state index is -0.824. The van der Waals surface area contributed by atoms with E-state index >= 15 is 0 Å². The van der Waals surface area contributed by atoms with E-state index in [9.17, 15) is 9.59 Å². The Morgan fingerprint density at radius 2 is 0.976 bits per heavy atom. The first kappa shape index (κ1) is 38.9. The lowest BCUT2D eigenvalue weighted by molar-refractivity contribution is -0.151. The van der Waals surface area contributed by atoms with Gasteiger partial charge in [-0.15, -0.1) is 0 Å². The summed E-state index contributed by atoms with van der Waals surface area (Å²) < 4.78 is 5.68. The van der Waals surface area contributed by atoms with Crippen molar-refractivity contribution in [2.24, 2.45) is 0 Å². The fraction of sp³-hybridized carbons (Fsp3) is 0.730. The summed E-state index contributed by atoms with van der Waals surface area (Å²) in [6, 6.07) is 0. The normalized spacial score (nSPS) is 12.8. The van der Waals surface area contributed by atoms with Crippen molar-refractivity contribution in [2.45, 2.75) is 174 Å². The predicted octanol–water partition coefficient (Wildman–Crippen LogP) is 11.6. The topological polar surface area (TPSA) is 63.6 Å². The van der Waals surface area contributed by atoms with E-state index < -0.39 is 5.97 Å². The zero-order valence-electron chi connectivity index (χ0n) is 26.8. The van der Waals surface area contributed by atoms with Gasteiger partial charge in [-0.1, -0.05) is 133 Å². The second-order valence-corrected chi connectivity index (χ2v) is 11.3. The Kier molecular flexibility index (Phi) is 30.8. The number of unbranched alkanes of at least 4 members (excludes halogenated alkanes) is 14. The summed E-state index contributed by atoms with van der Waals surface area (Å²) >= 11 is 0. The number of allylic oxidation sites excluding steroid dienone is 8. The minimum absolute atomic E-state index is 0.0600. The number of esters is 1. The van der Waals surface area contributed by atoms with Crippen LogP contribution in [-0.4, -0.2) is 23.1 Å². The van der Waals surface area contributed by atoms with Crippen molar-refractivity contribution in [1.29, 1.82) is 0 Å². The first-order chi connectivity index (χ1) is 20.1. The molecule has 236 valence electrons. The van der Waals surface area contributed by atoms with Crippen molar-refractivity contribution in [3.63, 3.8) is 0 Å². The first-order valence-electron chi connectivity index (χ1n) is 17.1. The molecule has 1 N–H and O–H groups in total. The lowest BCUT2D eigenvalue weighted by Gasteiger charge is -2.17. The predicted molar refractivity (Wildman–Crippen MR) is 176 cm³/mol. The molecule has 0 aromatic rings. The number of carbonyl (C=O) groups is 2. The zero-order chi connectivity index (χ0) is 30.1. The highest BCUT2D eigenvalue weighted by atomic mass is 16.5. The molecule has 0 aliphatic heterocycles. The number of hydrogen-bond donors (Lipinski definition) is 1. The molecule has 0 aliphatic rings. The van der Waals surface area contributed by atoms with Crippen LogP contribution >= 0.6 is 0 Å². The molecule has 1 unspecified atom stereocenters. The summed E-state index contributed by atoms with van der Waals surface area (Å²) in [5.74, 6) is -0.996. The van der Waals surface area contributed by atoms with Gasteiger partial charge in [0.15, 0.2) is 0 Å². The smallest absolute Gasteiger partial charge is 0.306 e. The molecule has 1 atom stereocenters. The van der Waals surface area contributed by atoms with E-state index in [-0.39, 0.29) is 18.5 Å². The van der Waals surface area contributed by atoms with Crippen LogP contribution in [0.5, 0.6) is 0 Å². The molecular formula is C37H64O4. The van der Waals surface area contributed by atoms with Crippen LogP contribution in [0.3, 0.4) is 0 Å². The number of carboxylic acid groups (broad SMARTS) is 1. The number of hydrogen-bond acceptors (Lipinski definition) is 3. The van der Waals surface area contributed by atoms with Crippen LogP contribution < -0.4 is 0 Å². The van der Waals surface area contributed by atoms with E-state index in [4.69, 9.17) is 9.84 Å². The Morgan fingerprint density at radius 1 is 0.537 bits per heavy atom. The lowest BCUT2D eigenvalue weighted by atomic mass is 10.0. The van der Waals surface area contributed by atoms with E-state index in [1.165, 1.54) is 70.6 Å². The summed E-state index contributed by atoms with van der Waals surface area (Å²) in [7, 11) is 0. The van der Waals surface area contributed by atoms with Gasteiger partial charge in [0.05, 0.1) is 0 Å². The molecule has 0 radical (unpaired) electrons. The third kappa shape index (κ3) is 32.3. The molecule has 0 amide bonds. The van der Waals surface area contributed by atoms with Crippen LogP contribution in [0, 0.1) is 0 Å². The van der Waals surface area contributed by atoms with E-state index in [2.05, 4.69) is 62.5 Å². The van der Waals surface area contributed by atoms with E-state index in [0.717, 1.165) is 64.2 Å². The summed E-state index contributed by atoms with van der Waals surface area (Å²) in [5, 5.41) is 9.05. The standard InChI is InChI=1S/C37H64O4/c1-3-5-7-9-11-13-14-15-16-17-18-19-20-21-22-24-26-28-30-32-37(40)41-35(33-34-36(38)39)31-29-27-25-23-12-10-8-6-4-2/h11,13,15-16,18-19,21-22,35H,3-10,12,14,17,20,23-34H2,1-2H3,(H,38,39)/b13-11-,16-15-,19-18-,22-21-. The molecule has 0 rings (SSSR count). The van der Waals surface area contributed by atoms with Crippen LogP contribution in [0.15, 0.2) is 48.6 Å². The zero-order valence-corrected chi connectivity index (χ0v) is 26.8. The second kappa shape index (κ2) is 32.4. The van der Waals surface area contributed by atoms with E-state index in [1.807, 2.05) is 0 Å². The summed E-state index contributed by atoms with van der Waals surface area (Å²) in [5.41, 5.74) is 0. The van der Waals surface area contributed by atoms with Gasteiger partial charge in [0.2, 0.25) is 0 Å². The highest BCUT2D eigenvalue weighted by Crippen LogP contribution is 2.17. The molecule has 41 heavy (non-hydrogen) atoms. The number of carbonyl (C=O) groups excluding carboxylic acids is 1. The van der Waals surface area contributed by atoms with Gasteiger partial charge in [0.1, 0.15) is 6.10 Å². The highest BCUT2D eigenvalue weighted by Gasteiger charge is 2.15. The number of ether oxygens (including phenoxy) is 1. The average Bonchev–Trinajstić information content (AvgIpc) is 2.96. The minimum Gasteiger partial charge on any atom is -0.481 e. The van der Waals surface area contributed by atoms with Crippen LogP contribution in [0.1, 0.15) is 168 Å². The van der Waals surface area contributed by atoms with E-state index in [1.54, 1.807) is 0 Å². The molecular weight excluding hydrogens is 508 g/mol.